The lowest BCUT2D eigenvalue weighted by Crippen LogP contribution is -2.12. The van der Waals surface area contributed by atoms with Gasteiger partial charge in [-0.05, 0) is 0 Å². The van der Waals surface area contributed by atoms with E-state index < -0.39 is 0 Å². The molecule has 2 nitrogen and oxygen atoms in total. The van der Waals surface area contributed by atoms with Crippen molar-refractivity contribution in [1.29, 1.82) is 0 Å². The molecule has 0 heterocycles. The molecule has 0 unspecified atom stereocenters. The summed E-state index contributed by atoms with van der Waals surface area (Å²) in [5.41, 5.74) is 0. The minimum Gasteiger partial charge on any atom is -0.211 e. The molecule has 0 saturated heterocycles. The Morgan fingerprint density at radius 1 is 1.80 bits per heavy atom. The van der Waals surface area contributed by atoms with Crippen LogP contribution in [0.25, 0.3) is 0 Å². The molecule has 0 aromatic rings. The van der Waals surface area contributed by atoms with Gasteiger partial charge in [0, 0.05) is 6.92 Å². The largest absolute Gasteiger partial charge is 0.211 e. The van der Waals surface area contributed by atoms with Gasteiger partial charge < -0.3 is 0 Å². The van der Waals surface area contributed by atoms with Crippen LogP contribution in [0.5, 0.6) is 0 Å². The van der Waals surface area contributed by atoms with Crippen LogP contribution in [0.4, 0.5) is 0 Å². The molecule has 0 rings (SSSR count). The Morgan fingerprint density at radius 3 is 2.00 bits per heavy atom. The Kier molecular flexibility index (Phi) is 1.57. The first-order valence-electron chi connectivity index (χ1n) is 1.54. The fourth-order valence-electron chi connectivity index (χ4n) is 0. The van der Waals surface area contributed by atoms with E-state index in [4.69, 9.17) is 5.84 Å². The second kappa shape index (κ2) is 1.76. The van der Waals surface area contributed by atoms with Crippen LogP contribution in [0, 0.1) is 0 Å². The Balaban J connectivity index is 3.14. The average molecular weight is 73.1 g/mol. The van der Waals surface area contributed by atoms with Crippen LogP contribution in [0.15, 0.2) is 0 Å². The van der Waals surface area contributed by atoms with E-state index in [0.29, 0.717) is 0 Å². The molecular weight excluding hydrogens is 64.0 g/mol. The van der Waals surface area contributed by atoms with Crippen LogP contribution in [0.2, 0.25) is 0 Å². The molecule has 0 aromatic heterocycles. The molecule has 0 radical (unpaired) electrons. The normalized spacial score (nSPS) is 12.0. The summed E-state index contributed by atoms with van der Waals surface area (Å²) in [4.78, 5) is 0. The van der Waals surface area contributed by atoms with Gasteiger partial charge in [0.15, 0.2) is 13.3 Å². The van der Waals surface area contributed by atoms with Gasteiger partial charge in [-0.3, -0.25) is 0 Å². The summed E-state index contributed by atoms with van der Waals surface area (Å²) >= 11 is 0. The fourth-order valence-corrected chi connectivity index (χ4v) is 0. The van der Waals surface area contributed by atoms with Crippen molar-refractivity contribution in [3.8, 4) is 0 Å². The first kappa shape index (κ1) is 4.47. The highest BCUT2D eigenvalue weighted by Gasteiger charge is 1.65. The maximum atomic E-state index is 5.07. The van der Waals surface area contributed by atoms with E-state index in [1.165, 1.54) is 4.68 Å². The number of hydrazine groups is 1. The van der Waals surface area contributed by atoms with E-state index in [2.05, 4.69) is 0 Å². The van der Waals surface area contributed by atoms with Crippen molar-refractivity contribution < 1.29 is 4.68 Å². The summed E-state index contributed by atoms with van der Waals surface area (Å²) in [7, 11) is 1.78. The van der Waals surface area contributed by atoms with Gasteiger partial charge in [-0.1, -0.05) is 0 Å². The minimum atomic E-state index is 1.50. The third-order valence-electron chi connectivity index (χ3n) is 0.407. The highest BCUT2D eigenvalue weighted by Crippen LogP contribution is 1.35. The summed E-state index contributed by atoms with van der Waals surface area (Å²) in [5, 5.41) is 0. The fraction of sp³-hybridized carbons (Fsp3) is 0.667. The molecule has 0 aliphatic rings. The van der Waals surface area contributed by atoms with Gasteiger partial charge in [0.05, 0.1) is 0 Å². The topological polar surface area (TPSA) is 29.0 Å². The van der Waals surface area contributed by atoms with E-state index in [1.54, 1.807) is 13.3 Å². The molecule has 30 valence electrons. The van der Waals surface area contributed by atoms with E-state index in [0.717, 1.165) is 0 Å². The van der Waals surface area contributed by atoms with Gasteiger partial charge in [0.2, 0.25) is 0 Å². The number of rotatable bonds is 0. The van der Waals surface area contributed by atoms with Crippen molar-refractivity contribution in [3.63, 3.8) is 0 Å². The smallest absolute Gasteiger partial charge is 0.166 e. The second-order valence-electron chi connectivity index (χ2n) is 0.924. The van der Waals surface area contributed by atoms with Crippen molar-refractivity contribution in [3.05, 3.63) is 0 Å². The lowest BCUT2D eigenvalue weighted by Gasteiger charge is -1.71. The van der Waals surface area contributed by atoms with Crippen molar-refractivity contribution in [2.24, 2.45) is 5.84 Å². The number of nitrogens with two attached hydrogens (primary N) is 1. The van der Waals surface area contributed by atoms with E-state index in [-0.39, 0.29) is 0 Å². The zero-order valence-corrected chi connectivity index (χ0v) is 3.60. The predicted molar refractivity (Wildman–Crippen MR) is 22.1 cm³/mol. The monoisotopic (exact) mass is 73.1 g/mol. The molecule has 2 N–H and O–H groups in total. The Labute approximate surface area is 31.9 Å². The van der Waals surface area contributed by atoms with Gasteiger partial charge in [-0.2, -0.15) is 0 Å². The number of nitrogens with zero attached hydrogens (tertiary/aromatic N) is 1. The summed E-state index contributed by atoms with van der Waals surface area (Å²) in [6.07, 6.45) is 1.78. The van der Waals surface area contributed by atoms with Crippen LogP contribution in [-0.2, 0) is 0 Å². The van der Waals surface area contributed by atoms with Crippen molar-refractivity contribution in [2.75, 3.05) is 7.05 Å². The zero-order valence-electron chi connectivity index (χ0n) is 3.60. The molecule has 0 aliphatic carbocycles. The van der Waals surface area contributed by atoms with Crippen molar-refractivity contribution in [2.45, 2.75) is 6.92 Å². The molecule has 0 saturated carbocycles. The molecule has 0 fully saturated rings. The second-order valence-corrected chi connectivity index (χ2v) is 0.924. The molecule has 5 heavy (non-hydrogen) atoms. The van der Waals surface area contributed by atoms with Crippen LogP contribution < -0.4 is 5.84 Å². The molecule has 2 heteroatoms. The first-order valence-corrected chi connectivity index (χ1v) is 1.54. The number of hydrogen-bond donors (Lipinski definition) is 1. The summed E-state index contributed by atoms with van der Waals surface area (Å²) in [6.45, 7) is 1.88. The quantitative estimate of drug-likeness (QED) is 0.180. The van der Waals surface area contributed by atoms with Crippen LogP contribution in [-0.4, -0.2) is 17.9 Å². The standard InChI is InChI=1S/C3H9N2/c1-3-5(2)4/h3H,4H2,1-2H3/q+1/b5-3+. The molecule has 0 aromatic carbocycles. The van der Waals surface area contributed by atoms with E-state index in [1.807, 2.05) is 6.92 Å². The minimum absolute atomic E-state index is 1.50. The summed E-state index contributed by atoms with van der Waals surface area (Å²) in [5.74, 6) is 5.07. The lowest BCUT2D eigenvalue weighted by atomic mass is 10.9. The SMILES string of the molecule is C/C=[N+](\C)N. The van der Waals surface area contributed by atoms with Crippen molar-refractivity contribution in [1.82, 2.24) is 0 Å². The average Bonchev–Trinajstić information content (AvgIpc) is 1.38. The maximum Gasteiger partial charge on any atom is 0.166 e. The highest BCUT2D eigenvalue weighted by molar-refractivity contribution is 5.46. The van der Waals surface area contributed by atoms with Crippen molar-refractivity contribution >= 4 is 6.21 Å². The third-order valence-corrected chi connectivity index (χ3v) is 0.407. The Bertz CT molecular complexity index is 42.9. The maximum absolute atomic E-state index is 5.07. The lowest BCUT2D eigenvalue weighted by molar-refractivity contribution is -0.504. The predicted octanol–water partition coefficient (Wildman–Crippen LogP) is -0.407. The summed E-state index contributed by atoms with van der Waals surface area (Å²) < 4.78 is 1.50. The van der Waals surface area contributed by atoms with Gasteiger partial charge in [-0.15, -0.1) is 4.68 Å². The highest BCUT2D eigenvalue weighted by atomic mass is 15.3. The first-order chi connectivity index (χ1) is 2.27. The van der Waals surface area contributed by atoms with Gasteiger partial charge >= 0.3 is 0 Å². The molecular formula is C3H9N2+. The molecule has 0 spiro atoms. The Hall–Kier alpha value is -0.530. The summed E-state index contributed by atoms with van der Waals surface area (Å²) in [6, 6.07) is 0. The number of hydrazone groups is 1. The van der Waals surface area contributed by atoms with E-state index in [9.17, 15) is 0 Å². The van der Waals surface area contributed by atoms with Crippen LogP contribution in [0.3, 0.4) is 0 Å². The molecule has 0 amide bonds. The zero-order chi connectivity index (χ0) is 4.28. The Morgan fingerprint density at radius 2 is 2.00 bits per heavy atom. The van der Waals surface area contributed by atoms with Gasteiger partial charge in [0.25, 0.3) is 0 Å². The van der Waals surface area contributed by atoms with Gasteiger partial charge in [-0.25, -0.2) is 5.84 Å². The molecule has 0 bridgehead atoms. The van der Waals surface area contributed by atoms with Gasteiger partial charge in [0.1, 0.15) is 0 Å². The van der Waals surface area contributed by atoms with Crippen LogP contribution >= 0.6 is 0 Å². The third kappa shape index (κ3) is 3.47. The molecule has 0 atom stereocenters. The molecule has 0 aliphatic heterocycles. The van der Waals surface area contributed by atoms with E-state index >= 15 is 0 Å². The van der Waals surface area contributed by atoms with Crippen LogP contribution in [0.1, 0.15) is 6.92 Å². The number of hydrogen-bond acceptors (Lipinski definition) is 1.